The van der Waals surface area contributed by atoms with Gasteiger partial charge in [0.2, 0.25) is 5.91 Å². The summed E-state index contributed by atoms with van der Waals surface area (Å²) in [5.41, 5.74) is 4.58. The van der Waals surface area contributed by atoms with Crippen LogP contribution in [0.2, 0.25) is 0 Å². The highest BCUT2D eigenvalue weighted by Gasteiger charge is 2.55. The molecule has 0 saturated carbocycles. The lowest BCUT2D eigenvalue weighted by Crippen LogP contribution is -2.68. The van der Waals surface area contributed by atoms with Crippen molar-refractivity contribution >= 4 is 22.8 Å². The van der Waals surface area contributed by atoms with Gasteiger partial charge in [-0.15, -0.1) is 0 Å². The zero-order valence-corrected chi connectivity index (χ0v) is 21.0. The second kappa shape index (κ2) is 7.87. The largest absolute Gasteiger partial charge is 0.376 e. The molecule has 0 radical (unpaired) electrons. The minimum Gasteiger partial charge on any atom is -0.376 e. The number of hydrogen-bond donors (Lipinski definition) is 1. The van der Waals surface area contributed by atoms with Gasteiger partial charge in [-0.2, -0.15) is 0 Å². The van der Waals surface area contributed by atoms with Crippen LogP contribution in [0, 0.1) is 6.92 Å². The summed E-state index contributed by atoms with van der Waals surface area (Å²) in [6.45, 7) is 9.99. The van der Waals surface area contributed by atoms with E-state index in [9.17, 15) is 4.79 Å². The van der Waals surface area contributed by atoms with E-state index in [4.69, 9.17) is 9.72 Å². The van der Waals surface area contributed by atoms with Crippen molar-refractivity contribution in [2.75, 3.05) is 25.5 Å². The molecule has 1 N–H and O–H groups in total. The fourth-order valence-corrected chi connectivity index (χ4v) is 5.27. The molecular formula is C26H28N8O2. The molecule has 1 fully saturated rings. The number of rotatable bonds is 5. The number of methoxy groups -OCH3 is 1. The number of amides is 1. The molecule has 5 heterocycles. The summed E-state index contributed by atoms with van der Waals surface area (Å²) in [5.74, 6) is 1.42. The lowest BCUT2D eigenvalue weighted by Gasteiger charge is -2.53. The average molecular weight is 485 g/mol. The van der Waals surface area contributed by atoms with Gasteiger partial charge >= 0.3 is 0 Å². The zero-order chi connectivity index (χ0) is 25.2. The number of nitrogens with zero attached hydrogens (tertiary/aromatic N) is 7. The first kappa shape index (κ1) is 22.7. The average Bonchev–Trinajstić information content (AvgIpc) is 3.37. The Morgan fingerprint density at radius 1 is 1.08 bits per heavy atom. The van der Waals surface area contributed by atoms with Crippen LogP contribution in [0.4, 0.5) is 5.69 Å². The number of aromatic nitrogens is 6. The van der Waals surface area contributed by atoms with Crippen molar-refractivity contribution in [2.45, 2.75) is 45.4 Å². The molecule has 0 spiro atoms. The molecule has 1 atom stereocenters. The van der Waals surface area contributed by atoms with Gasteiger partial charge in [0.15, 0.2) is 5.65 Å². The minimum atomic E-state index is -0.789. The number of benzene rings is 1. The first-order valence-electron chi connectivity index (χ1n) is 12.0. The van der Waals surface area contributed by atoms with Crippen LogP contribution in [0.25, 0.3) is 33.8 Å². The Morgan fingerprint density at radius 2 is 1.83 bits per heavy atom. The van der Waals surface area contributed by atoms with Crippen molar-refractivity contribution in [2.24, 2.45) is 0 Å². The zero-order valence-electron chi connectivity index (χ0n) is 21.0. The molecule has 4 aromatic rings. The number of likely N-dealkylation sites (tertiary alicyclic amines) is 1. The van der Waals surface area contributed by atoms with Crippen molar-refractivity contribution in [3.63, 3.8) is 0 Å². The number of nitrogens with one attached hydrogen (secondary N) is 1. The van der Waals surface area contributed by atoms with Crippen molar-refractivity contribution < 1.29 is 9.53 Å². The Morgan fingerprint density at radius 3 is 2.53 bits per heavy atom. The van der Waals surface area contributed by atoms with E-state index in [-0.39, 0.29) is 11.5 Å². The maximum absolute atomic E-state index is 13.2. The maximum Gasteiger partial charge on any atom is 0.249 e. The van der Waals surface area contributed by atoms with E-state index in [0.717, 1.165) is 39.5 Å². The number of fused-ring (bicyclic) bond motifs is 2. The van der Waals surface area contributed by atoms with Crippen LogP contribution < -0.4 is 5.32 Å². The van der Waals surface area contributed by atoms with E-state index in [2.05, 4.69) is 50.1 Å². The number of aryl methyl sites for hydroxylation is 2. The fourth-order valence-electron chi connectivity index (χ4n) is 5.27. The first-order chi connectivity index (χ1) is 17.3. The van der Waals surface area contributed by atoms with Gasteiger partial charge in [0, 0.05) is 56.0 Å². The van der Waals surface area contributed by atoms with Crippen LogP contribution in [-0.4, -0.2) is 66.1 Å². The molecule has 3 aromatic heterocycles. The topological polar surface area (TPSA) is 111 Å². The second-order valence-corrected chi connectivity index (χ2v) is 9.89. The molecule has 184 valence electrons. The summed E-state index contributed by atoms with van der Waals surface area (Å²) >= 11 is 0. The van der Waals surface area contributed by atoms with Crippen molar-refractivity contribution in [1.82, 2.24) is 34.4 Å². The van der Waals surface area contributed by atoms with E-state index in [1.165, 1.54) is 0 Å². The first-order valence-corrected chi connectivity index (χ1v) is 12.0. The SMILES string of the molecule is CCn1c(-c2cnc(C)nc2)nc2c(-c3ccc4c(c3)[C@](C)(N3CC(C)(OC)C3)C(=O)N4)ncnc21. The monoisotopic (exact) mass is 484 g/mol. The predicted molar refractivity (Wildman–Crippen MR) is 135 cm³/mol. The molecule has 2 aliphatic heterocycles. The molecule has 36 heavy (non-hydrogen) atoms. The third kappa shape index (κ3) is 3.17. The molecule has 1 saturated heterocycles. The standard InChI is InChI=1S/C26H28N8O2/c1-6-34-22(17-10-27-15(2)28-11-17)32-21-20(29-14-30-23(21)34)16-7-8-19-18(9-16)26(4,24(35)31-19)33-12-25(3,13-33)36-5/h7-11,14H,6,12-13H2,1-5H3,(H,31,35)/t26-/m0/s1. The van der Waals surface area contributed by atoms with E-state index < -0.39 is 5.54 Å². The Kier molecular flexibility index (Phi) is 4.96. The molecule has 10 nitrogen and oxygen atoms in total. The third-order valence-electron chi connectivity index (χ3n) is 7.57. The minimum absolute atomic E-state index is 0.0300. The molecule has 0 unspecified atom stereocenters. The van der Waals surface area contributed by atoms with Gasteiger partial charge in [-0.1, -0.05) is 6.07 Å². The van der Waals surface area contributed by atoms with Crippen LogP contribution in [0.1, 0.15) is 32.2 Å². The van der Waals surface area contributed by atoms with Crippen LogP contribution in [0.15, 0.2) is 36.9 Å². The van der Waals surface area contributed by atoms with Gasteiger partial charge in [0.05, 0.1) is 11.2 Å². The normalized spacial score (nSPS) is 20.9. The summed E-state index contributed by atoms with van der Waals surface area (Å²) in [7, 11) is 1.72. The van der Waals surface area contributed by atoms with Gasteiger partial charge in [0.25, 0.3) is 0 Å². The van der Waals surface area contributed by atoms with Crippen LogP contribution in [0.5, 0.6) is 0 Å². The Bertz CT molecular complexity index is 1510. The lowest BCUT2D eigenvalue weighted by atomic mass is 9.83. The van der Waals surface area contributed by atoms with E-state index in [0.29, 0.717) is 31.0 Å². The third-order valence-corrected chi connectivity index (χ3v) is 7.57. The van der Waals surface area contributed by atoms with Crippen molar-refractivity contribution in [3.05, 3.63) is 48.3 Å². The highest BCUT2D eigenvalue weighted by atomic mass is 16.5. The number of ether oxygens (including phenoxy) is 1. The molecule has 0 aliphatic carbocycles. The second-order valence-electron chi connectivity index (χ2n) is 9.89. The quantitative estimate of drug-likeness (QED) is 0.460. The summed E-state index contributed by atoms with van der Waals surface area (Å²) in [4.78, 5) is 38.1. The summed E-state index contributed by atoms with van der Waals surface area (Å²) in [6, 6.07) is 5.97. The lowest BCUT2D eigenvalue weighted by molar-refractivity contribution is -0.160. The number of hydrogen-bond acceptors (Lipinski definition) is 8. The van der Waals surface area contributed by atoms with Gasteiger partial charge in [-0.25, -0.2) is 24.9 Å². The number of carbonyl (C=O) groups excluding carboxylic acids is 1. The molecule has 6 rings (SSSR count). The van der Waals surface area contributed by atoms with Crippen molar-refractivity contribution in [1.29, 1.82) is 0 Å². The maximum atomic E-state index is 13.2. The van der Waals surface area contributed by atoms with E-state index >= 15 is 0 Å². The summed E-state index contributed by atoms with van der Waals surface area (Å²) in [6.07, 6.45) is 5.12. The molecule has 10 heteroatoms. The summed E-state index contributed by atoms with van der Waals surface area (Å²) in [5, 5.41) is 3.06. The van der Waals surface area contributed by atoms with Crippen molar-refractivity contribution in [3.8, 4) is 22.6 Å². The molecule has 1 aromatic carbocycles. The summed E-state index contributed by atoms with van der Waals surface area (Å²) < 4.78 is 7.67. The Hall–Kier alpha value is -3.76. The van der Waals surface area contributed by atoms with Crippen LogP contribution in [0.3, 0.4) is 0 Å². The van der Waals surface area contributed by atoms with Gasteiger partial charge in [-0.05, 0) is 39.8 Å². The highest BCUT2D eigenvalue weighted by Crippen LogP contribution is 2.46. The Labute approximate surface area is 208 Å². The number of carbonyl (C=O) groups is 1. The molecule has 2 aliphatic rings. The van der Waals surface area contributed by atoms with E-state index in [1.54, 1.807) is 25.8 Å². The van der Waals surface area contributed by atoms with Crippen LogP contribution in [-0.2, 0) is 21.6 Å². The molecule has 1 amide bonds. The smallest absolute Gasteiger partial charge is 0.249 e. The number of imidazole rings is 1. The predicted octanol–water partition coefficient (Wildman–Crippen LogP) is 3.17. The molecule has 0 bridgehead atoms. The highest BCUT2D eigenvalue weighted by molar-refractivity contribution is 6.06. The Balaban J connectivity index is 1.47. The number of anilines is 1. The van der Waals surface area contributed by atoms with Gasteiger partial charge in [-0.3, -0.25) is 9.69 Å². The van der Waals surface area contributed by atoms with Crippen LogP contribution >= 0.6 is 0 Å². The van der Waals surface area contributed by atoms with E-state index in [1.807, 2.05) is 30.5 Å². The molecular weight excluding hydrogens is 456 g/mol. The van der Waals surface area contributed by atoms with Gasteiger partial charge in [0.1, 0.15) is 34.7 Å². The van der Waals surface area contributed by atoms with Gasteiger partial charge < -0.3 is 14.6 Å². The fraction of sp³-hybridized carbons (Fsp3) is 0.385.